The molecule has 1 aliphatic carbocycles. The molecule has 0 bridgehead atoms. The lowest BCUT2D eigenvalue weighted by Crippen LogP contribution is -2.34. The lowest BCUT2D eigenvalue weighted by atomic mass is 9.89. The van der Waals surface area contributed by atoms with Gasteiger partial charge in [0.1, 0.15) is 11.5 Å². The molecule has 0 fully saturated rings. The van der Waals surface area contributed by atoms with E-state index in [1.807, 2.05) is 18.2 Å². The molecule has 0 saturated heterocycles. The van der Waals surface area contributed by atoms with Crippen molar-refractivity contribution < 1.29 is 14.3 Å². The van der Waals surface area contributed by atoms with Crippen LogP contribution in [0.5, 0.6) is 0 Å². The normalized spacial score (nSPS) is 19.2. The maximum Gasteiger partial charge on any atom is 0.198 e. The summed E-state index contributed by atoms with van der Waals surface area (Å²) in [5, 5.41) is 0. The Kier molecular flexibility index (Phi) is 5.36. The molecule has 2 aromatic carbocycles. The average molecular weight is 478 g/mol. The van der Waals surface area contributed by atoms with Crippen LogP contribution in [0.3, 0.4) is 0 Å². The van der Waals surface area contributed by atoms with Crippen molar-refractivity contribution in [3.63, 3.8) is 0 Å². The highest BCUT2D eigenvalue weighted by Crippen LogP contribution is 2.39. The van der Waals surface area contributed by atoms with E-state index in [-0.39, 0.29) is 22.6 Å². The lowest BCUT2D eigenvalue weighted by Gasteiger charge is -2.37. The molecular weight excluding hydrogens is 446 g/mol. The first-order valence-corrected chi connectivity index (χ1v) is 12.9. The predicted molar refractivity (Wildman–Crippen MR) is 143 cm³/mol. The summed E-state index contributed by atoms with van der Waals surface area (Å²) in [6.45, 7) is 8.54. The Hall–Kier alpha value is -3.66. The molecule has 2 aromatic rings. The number of carbonyl (C=O) groups excluding carboxylic acids is 2. The largest absolute Gasteiger partial charge is 0.461 e. The molecule has 4 heteroatoms. The molecule has 0 amide bonds. The molecule has 182 valence electrons. The number of hydrogen-bond acceptors (Lipinski definition) is 4. The van der Waals surface area contributed by atoms with Crippen LogP contribution in [0.25, 0.3) is 6.08 Å². The third-order valence-corrected chi connectivity index (χ3v) is 7.51. The monoisotopic (exact) mass is 477 g/mol. The number of hydrogen-bond donors (Lipinski definition) is 0. The van der Waals surface area contributed by atoms with Crippen molar-refractivity contribution in [3.05, 3.63) is 105 Å². The zero-order valence-electron chi connectivity index (χ0n) is 21.2. The molecule has 0 saturated carbocycles. The fourth-order valence-corrected chi connectivity index (χ4v) is 5.74. The maximum atomic E-state index is 13.2. The molecule has 0 N–H and O–H groups in total. The van der Waals surface area contributed by atoms with Gasteiger partial charge < -0.3 is 9.64 Å². The van der Waals surface area contributed by atoms with Crippen molar-refractivity contribution in [2.24, 2.45) is 5.41 Å². The number of aryl methyl sites for hydroxylation is 2. The van der Waals surface area contributed by atoms with Gasteiger partial charge in [-0.3, -0.25) is 9.59 Å². The molecule has 0 spiro atoms. The van der Waals surface area contributed by atoms with Crippen LogP contribution >= 0.6 is 0 Å². The van der Waals surface area contributed by atoms with E-state index in [0.29, 0.717) is 22.5 Å². The van der Waals surface area contributed by atoms with E-state index in [0.717, 1.165) is 31.7 Å². The number of fused-ring (bicyclic) bond motifs is 1. The molecule has 0 atom stereocenters. The van der Waals surface area contributed by atoms with Crippen LogP contribution < -0.4 is 4.90 Å². The zero-order valence-corrected chi connectivity index (χ0v) is 21.2. The fourth-order valence-electron chi connectivity index (χ4n) is 5.74. The molecule has 3 heterocycles. The topological polar surface area (TPSA) is 46.6 Å². The van der Waals surface area contributed by atoms with E-state index in [1.54, 1.807) is 24.3 Å². The van der Waals surface area contributed by atoms with Crippen LogP contribution in [0.4, 0.5) is 5.69 Å². The molecule has 6 rings (SSSR count). The second-order valence-corrected chi connectivity index (χ2v) is 11.2. The summed E-state index contributed by atoms with van der Waals surface area (Å²) in [4.78, 5) is 28.9. The summed E-state index contributed by atoms with van der Waals surface area (Å²) in [5.74, 6) is 0.944. The Balaban J connectivity index is 1.39. The van der Waals surface area contributed by atoms with Crippen LogP contribution in [0.1, 0.15) is 71.0 Å². The Morgan fingerprint density at radius 3 is 2.06 bits per heavy atom. The van der Waals surface area contributed by atoms with Gasteiger partial charge in [-0.2, -0.15) is 0 Å². The molecule has 3 aliphatic heterocycles. The van der Waals surface area contributed by atoms with E-state index in [1.165, 1.54) is 35.2 Å². The molecule has 0 radical (unpaired) electrons. The summed E-state index contributed by atoms with van der Waals surface area (Å²) < 4.78 is 6.28. The number of ether oxygens (including phenoxy) is 1. The molecule has 0 unspecified atom stereocenters. The highest BCUT2D eigenvalue weighted by molar-refractivity contribution is 6.40. The molecule has 4 aliphatic rings. The number of rotatable bonds is 2. The summed E-state index contributed by atoms with van der Waals surface area (Å²) in [6.07, 6.45) is 12.4. The maximum absolute atomic E-state index is 13.2. The van der Waals surface area contributed by atoms with E-state index >= 15 is 0 Å². The smallest absolute Gasteiger partial charge is 0.198 e. The highest BCUT2D eigenvalue weighted by atomic mass is 16.5. The van der Waals surface area contributed by atoms with E-state index in [9.17, 15) is 9.59 Å². The van der Waals surface area contributed by atoms with Crippen LogP contribution in [0, 0.1) is 5.41 Å². The van der Waals surface area contributed by atoms with Gasteiger partial charge in [0.25, 0.3) is 0 Å². The number of allylic oxidation sites excluding steroid dienone is 6. The van der Waals surface area contributed by atoms with Crippen LogP contribution in [-0.2, 0) is 17.6 Å². The van der Waals surface area contributed by atoms with E-state index in [2.05, 4.69) is 43.9 Å². The van der Waals surface area contributed by atoms with Gasteiger partial charge in [-0.25, -0.2) is 0 Å². The van der Waals surface area contributed by atoms with Gasteiger partial charge in [0, 0.05) is 35.3 Å². The van der Waals surface area contributed by atoms with Gasteiger partial charge in [0.2, 0.25) is 0 Å². The average Bonchev–Trinajstić information content (AvgIpc) is 3.12. The number of anilines is 1. The minimum absolute atomic E-state index is 0.213. The first-order chi connectivity index (χ1) is 17.3. The van der Waals surface area contributed by atoms with Gasteiger partial charge in [0.15, 0.2) is 11.6 Å². The Morgan fingerprint density at radius 1 is 0.861 bits per heavy atom. The second-order valence-electron chi connectivity index (χ2n) is 11.2. The Morgan fingerprint density at radius 2 is 1.47 bits per heavy atom. The zero-order chi connectivity index (χ0) is 25.0. The first kappa shape index (κ1) is 22.8. The number of carbonyl (C=O) groups is 2. The molecule has 36 heavy (non-hydrogen) atoms. The minimum Gasteiger partial charge on any atom is -0.461 e. The molecule has 0 aromatic heterocycles. The van der Waals surface area contributed by atoms with E-state index < -0.39 is 0 Å². The van der Waals surface area contributed by atoms with Crippen molar-refractivity contribution in [2.45, 2.75) is 46.5 Å². The summed E-state index contributed by atoms with van der Waals surface area (Å²) >= 11 is 0. The fraction of sp³-hybridized carbons (Fsp3) is 0.312. The Labute approximate surface area is 212 Å². The summed E-state index contributed by atoms with van der Waals surface area (Å²) in [5.41, 5.74) is 7.02. The second kappa shape index (κ2) is 8.48. The SMILES string of the molecule is CC(C)(C)C1=CC(=C2C(=O)c3ccccc3C2=O)C=C(/C=C/c2cc3c4c(c2)CCCN4CCC3)O1. The minimum atomic E-state index is -0.282. The van der Waals surface area contributed by atoms with Gasteiger partial charge in [-0.05, 0) is 78.3 Å². The van der Waals surface area contributed by atoms with Crippen molar-refractivity contribution in [1.29, 1.82) is 0 Å². The highest BCUT2D eigenvalue weighted by Gasteiger charge is 2.36. The van der Waals surface area contributed by atoms with Gasteiger partial charge in [0.05, 0.1) is 5.57 Å². The van der Waals surface area contributed by atoms with Gasteiger partial charge >= 0.3 is 0 Å². The van der Waals surface area contributed by atoms with Crippen molar-refractivity contribution in [3.8, 4) is 0 Å². The number of benzene rings is 2. The van der Waals surface area contributed by atoms with Crippen molar-refractivity contribution in [2.75, 3.05) is 18.0 Å². The van der Waals surface area contributed by atoms with E-state index in [4.69, 9.17) is 4.74 Å². The third-order valence-electron chi connectivity index (χ3n) is 7.51. The summed E-state index contributed by atoms with van der Waals surface area (Å²) in [6, 6.07) is 11.7. The van der Waals surface area contributed by atoms with Crippen molar-refractivity contribution >= 4 is 23.3 Å². The van der Waals surface area contributed by atoms with Crippen molar-refractivity contribution in [1.82, 2.24) is 0 Å². The van der Waals surface area contributed by atoms with Gasteiger partial charge in [-0.15, -0.1) is 0 Å². The van der Waals surface area contributed by atoms with Crippen LogP contribution in [0.2, 0.25) is 0 Å². The summed E-state index contributed by atoms with van der Waals surface area (Å²) in [7, 11) is 0. The third kappa shape index (κ3) is 3.85. The number of ketones is 2. The van der Waals surface area contributed by atoms with Crippen LogP contribution in [0.15, 0.2) is 77.3 Å². The first-order valence-electron chi connectivity index (χ1n) is 12.9. The lowest BCUT2D eigenvalue weighted by molar-refractivity contribution is 0.0987. The quantitative estimate of drug-likeness (QED) is 0.360. The number of nitrogens with zero attached hydrogens (tertiary/aromatic N) is 1. The predicted octanol–water partition coefficient (Wildman–Crippen LogP) is 6.62. The Bertz CT molecular complexity index is 1360. The standard InChI is InChI=1S/C32H31NO3/c1-32(2,3)27-19-23(28-30(34)25-10-4-5-11-26(25)31(28)35)18-24(36-27)13-12-20-16-21-8-6-14-33-15-7-9-22(17-20)29(21)33/h4-5,10-13,16-19H,6-9,14-15H2,1-3H3/b13-12+. The molecule has 4 nitrogen and oxygen atoms in total. The van der Waals surface area contributed by atoms with Gasteiger partial charge in [-0.1, -0.05) is 51.1 Å². The van der Waals surface area contributed by atoms with Crippen LogP contribution in [-0.4, -0.2) is 24.7 Å². The number of Topliss-reactive ketones (excluding diaryl/α,β-unsaturated/α-hetero) is 2. The molecular formula is C32H31NO3.